The largest absolute Gasteiger partial charge is 0.460 e. The second-order valence-corrected chi connectivity index (χ2v) is 19.4. The Hall–Kier alpha value is -5.06. The standard InChI is InChI=1S/C48H62N4O10S/c1-7-27-59-48-43(52(6)63(57,58)37-22-19-35(20-23-37)50-32(2)55)30-41(51-62-47(3,4)5)39-28-34(17-11-13-25-53)38(18-12-14-26-54)44(45(39)48)40-29-36(21-24-42(40)61-48)60-46(56)49-31-33-15-9-8-10-16-33/h7-10,15-16,19-24,28-29,34,38,43-45,53-54H,1,11-14,17-18,25-27,30-31H2,2-6H3,(H,49,56)(H,50,55). The molecular weight excluding hydrogens is 825 g/mol. The minimum atomic E-state index is -4.26. The van der Waals surface area contributed by atoms with Crippen molar-refractivity contribution < 1.29 is 47.3 Å². The number of nitrogens with zero attached hydrogens (tertiary/aromatic N) is 2. The lowest BCUT2D eigenvalue weighted by molar-refractivity contribution is -0.250. The number of unbranched alkanes of at least 4 members (excludes halogenated alkanes) is 2. The monoisotopic (exact) mass is 886 g/mol. The van der Waals surface area contributed by atoms with Crippen molar-refractivity contribution in [1.82, 2.24) is 9.62 Å². The molecule has 6 unspecified atom stereocenters. The lowest BCUT2D eigenvalue weighted by Gasteiger charge is -2.59. The van der Waals surface area contributed by atoms with Gasteiger partial charge in [0.15, 0.2) is 0 Å². The van der Waals surface area contributed by atoms with Gasteiger partial charge < -0.3 is 39.9 Å². The van der Waals surface area contributed by atoms with Gasteiger partial charge >= 0.3 is 6.09 Å². The van der Waals surface area contributed by atoms with Gasteiger partial charge in [0.2, 0.25) is 21.7 Å². The first kappa shape index (κ1) is 47.4. The van der Waals surface area contributed by atoms with E-state index in [1.807, 2.05) is 57.2 Å². The van der Waals surface area contributed by atoms with Crippen molar-refractivity contribution in [2.45, 2.75) is 107 Å². The highest BCUT2D eigenvalue weighted by atomic mass is 32.2. The van der Waals surface area contributed by atoms with Crippen LogP contribution in [0.4, 0.5) is 10.5 Å². The zero-order valence-electron chi connectivity index (χ0n) is 36.9. The fourth-order valence-electron chi connectivity index (χ4n) is 9.12. The summed E-state index contributed by atoms with van der Waals surface area (Å²) in [6.45, 7) is 11.4. The van der Waals surface area contributed by atoms with Gasteiger partial charge in [0.25, 0.3) is 0 Å². The van der Waals surface area contributed by atoms with Crippen LogP contribution in [-0.4, -0.2) is 84.9 Å². The second kappa shape index (κ2) is 20.6. The van der Waals surface area contributed by atoms with E-state index in [1.165, 1.54) is 42.5 Å². The molecule has 0 aromatic heterocycles. The first-order chi connectivity index (χ1) is 30.1. The number of hydrogen-bond acceptors (Lipinski definition) is 11. The van der Waals surface area contributed by atoms with Crippen molar-refractivity contribution in [3.63, 3.8) is 0 Å². The maximum absolute atomic E-state index is 14.8. The first-order valence-electron chi connectivity index (χ1n) is 21.7. The summed E-state index contributed by atoms with van der Waals surface area (Å²) >= 11 is 0. The number of benzene rings is 3. The van der Waals surface area contributed by atoms with Gasteiger partial charge in [-0.1, -0.05) is 60.5 Å². The third kappa shape index (κ3) is 11.0. The number of rotatable bonds is 19. The molecule has 6 atom stereocenters. The summed E-state index contributed by atoms with van der Waals surface area (Å²) in [6.07, 6.45) is 7.34. The molecule has 0 radical (unpaired) electrons. The van der Waals surface area contributed by atoms with E-state index >= 15 is 0 Å². The number of likely N-dealkylation sites (N-methyl/N-ethyl adjacent to an activating group) is 1. The molecule has 3 aromatic rings. The van der Waals surface area contributed by atoms with Gasteiger partial charge in [-0.05, 0) is 112 Å². The molecule has 3 aromatic carbocycles. The van der Waals surface area contributed by atoms with Crippen molar-refractivity contribution >= 4 is 33.4 Å². The molecule has 14 nitrogen and oxygen atoms in total. The van der Waals surface area contributed by atoms with Crippen molar-refractivity contribution in [3.8, 4) is 11.5 Å². The number of anilines is 1. The average molecular weight is 887 g/mol. The fourth-order valence-corrected chi connectivity index (χ4v) is 10.5. The van der Waals surface area contributed by atoms with Gasteiger partial charge in [-0.3, -0.25) is 4.79 Å². The van der Waals surface area contributed by atoms with E-state index in [4.69, 9.17) is 24.2 Å². The third-order valence-electron chi connectivity index (χ3n) is 11.9. The molecule has 1 aliphatic heterocycles. The minimum Gasteiger partial charge on any atom is -0.460 e. The minimum absolute atomic E-state index is 0.00157. The van der Waals surface area contributed by atoms with Crippen LogP contribution in [0, 0.1) is 17.8 Å². The lowest BCUT2D eigenvalue weighted by Crippen LogP contribution is -2.69. The highest BCUT2D eigenvalue weighted by molar-refractivity contribution is 7.89. The highest BCUT2D eigenvalue weighted by Gasteiger charge is 2.65. The number of oxime groups is 1. The molecule has 1 saturated carbocycles. The quantitative estimate of drug-likeness (QED) is 0.0529. The fraction of sp³-hybridized carbons (Fsp3) is 0.479. The lowest BCUT2D eigenvalue weighted by atomic mass is 9.55. The summed E-state index contributed by atoms with van der Waals surface area (Å²) in [5.74, 6) is -2.38. The van der Waals surface area contributed by atoms with Gasteiger partial charge in [0, 0.05) is 57.3 Å². The molecule has 0 spiro atoms. The van der Waals surface area contributed by atoms with Crippen molar-refractivity contribution in [1.29, 1.82) is 0 Å². The summed E-state index contributed by atoms with van der Waals surface area (Å²) in [4.78, 5) is 31.1. The van der Waals surface area contributed by atoms with Gasteiger partial charge in [-0.15, -0.1) is 6.58 Å². The van der Waals surface area contributed by atoms with Crippen LogP contribution in [0.5, 0.6) is 11.5 Å². The molecule has 15 heteroatoms. The average Bonchev–Trinajstić information content (AvgIpc) is 3.25. The number of allylic oxidation sites excluding steroid dienone is 1. The summed E-state index contributed by atoms with van der Waals surface area (Å²) in [5, 5.41) is 30.1. The van der Waals surface area contributed by atoms with Crippen LogP contribution in [0.1, 0.15) is 89.7 Å². The normalized spacial score (nSPS) is 23.5. The zero-order chi connectivity index (χ0) is 45.4. The molecule has 6 rings (SSSR count). The van der Waals surface area contributed by atoms with E-state index in [2.05, 4.69) is 23.3 Å². The van der Waals surface area contributed by atoms with Crippen LogP contribution in [0.3, 0.4) is 0 Å². The van der Waals surface area contributed by atoms with Crippen molar-refractivity contribution in [2.75, 3.05) is 32.2 Å². The molecule has 1 fully saturated rings. The Morgan fingerprint density at radius 3 is 2.35 bits per heavy atom. The van der Waals surface area contributed by atoms with Gasteiger partial charge in [0.05, 0.1) is 29.2 Å². The molecule has 2 amide bonds. The Morgan fingerprint density at radius 2 is 1.70 bits per heavy atom. The summed E-state index contributed by atoms with van der Waals surface area (Å²) in [7, 11) is -2.75. The Bertz CT molecular complexity index is 2240. The Labute approximate surface area is 371 Å². The van der Waals surface area contributed by atoms with Gasteiger partial charge in [0.1, 0.15) is 17.1 Å². The molecule has 3 aliphatic rings. The zero-order valence-corrected chi connectivity index (χ0v) is 37.7. The number of sulfonamides is 1. The Morgan fingerprint density at radius 1 is 1.00 bits per heavy atom. The second-order valence-electron chi connectivity index (χ2n) is 17.4. The third-order valence-corrected chi connectivity index (χ3v) is 13.7. The molecule has 4 N–H and O–H groups in total. The number of aliphatic hydroxyl groups is 2. The molecule has 0 saturated heterocycles. The van der Waals surface area contributed by atoms with Crippen molar-refractivity contribution in [3.05, 3.63) is 108 Å². The molecule has 340 valence electrons. The SMILES string of the molecule is C=CCOC12Oc3ccc(OC(=O)NCc4ccccc4)cc3C3C(CCCCO)C(CCCCO)C=C(C(=NOC(C)(C)C)CC1N(C)S(=O)(=O)c1ccc(NC(C)=O)cc1)C32. The predicted octanol–water partition coefficient (Wildman–Crippen LogP) is 7.69. The molecule has 1 heterocycles. The predicted molar refractivity (Wildman–Crippen MR) is 241 cm³/mol. The Balaban J connectivity index is 1.54. The number of nitrogens with one attached hydrogen (secondary N) is 2. The highest BCUT2D eigenvalue weighted by Crippen LogP contribution is 2.62. The number of ether oxygens (including phenoxy) is 3. The van der Waals surface area contributed by atoms with E-state index in [9.17, 15) is 28.2 Å². The molecular formula is C48H62N4O10S. The van der Waals surface area contributed by atoms with Crippen LogP contribution < -0.4 is 20.1 Å². The first-order valence-corrected chi connectivity index (χ1v) is 23.2. The topological polar surface area (TPSA) is 185 Å². The number of carbonyl (C=O) groups excluding carboxylic acids is 2. The summed E-state index contributed by atoms with van der Waals surface area (Å²) in [5.41, 5.74) is 2.79. The van der Waals surface area contributed by atoms with Crippen molar-refractivity contribution in [2.24, 2.45) is 22.9 Å². The summed E-state index contributed by atoms with van der Waals surface area (Å²) < 4.78 is 50.9. The number of carbonyl (C=O) groups is 2. The Kier molecular flexibility index (Phi) is 15.5. The number of amides is 2. The van der Waals surface area contributed by atoms with Crippen LogP contribution >= 0.6 is 0 Å². The van der Waals surface area contributed by atoms with Crippen LogP contribution in [0.25, 0.3) is 0 Å². The van der Waals surface area contributed by atoms with Gasteiger partial charge in [-0.2, -0.15) is 4.31 Å². The smallest absolute Gasteiger partial charge is 0.412 e. The molecule has 0 bridgehead atoms. The van der Waals surface area contributed by atoms with Crippen LogP contribution in [0.2, 0.25) is 0 Å². The van der Waals surface area contributed by atoms with E-state index in [0.29, 0.717) is 48.6 Å². The number of fused-ring (bicyclic) bond motifs is 2. The molecule has 2 aliphatic carbocycles. The summed E-state index contributed by atoms with van der Waals surface area (Å²) in [6, 6.07) is 19.7. The maximum Gasteiger partial charge on any atom is 0.412 e. The maximum atomic E-state index is 14.8. The van der Waals surface area contributed by atoms with E-state index in [-0.39, 0.29) is 55.4 Å². The van der Waals surface area contributed by atoms with E-state index < -0.39 is 45.4 Å². The molecule has 63 heavy (non-hydrogen) atoms. The van der Waals surface area contributed by atoms with E-state index in [0.717, 1.165) is 29.5 Å². The number of aliphatic hydroxyl groups excluding tert-OH is 2. The van der Waals surface area contributed by atoms with Gasteiger partial charge in [-0.25, -0.2) is 13.2 Å². The van der Waals surface area contributed by atoms with Crippen LogP contribution in [0.15, 0.2) is 107 Å². The van der Waals surface area contributed by atoms with E-state index in [1.54, 1.807) is 18.2 Å². The van der Waals surface area contributed by atoms with Crippen LogP contribution in [-0.2, 0) is 30.9 Å². The number of hydrogen-bond donors (Lipinski definition) is 4.